The van der Waals surface area contributed by atoms with E-state index >= 15 is 0 Å². The summed E-state index contributed by atoms with van der Waals surface area (Å²) in [6, 6.07) is 9.64. The van der Waals surface area contributed by atoms with E-state index in [1.54, 1.807) is 6.92 Å². The Balaban J connectivity index is 2.39. The van der Waals surface area contributed by atoms with Gasteiger partial charge in [0.1, 0.15) is 11.5 Å². The Morgan fingerprint density at radius 1 is 0.676 bits per heavy atom. The molecular weight excluding hydrogens is 514 g/mol. The fraction of sp³-hybridized carbons (Fsp3) is 0.400. The summed E-state index contributed by atoms with van der Waals surface area (Å²) in [6.45, 7) is 5.54. The molecule has 0 unspecified atom stereocenters. The van der Waals surface area contributed by atoms with Gasteiger partial charge in [0.15, 0.2) is 0 Å². The van der Waals surface area contributed by atoms with Gasteiger partial charge in [-0.1, -0.05) is 45.0 Å². The first-order valence-electron chi connectivity index (χ1n) is 9.51. The zero-order chi connectivity index (χ0) is 26.2. The van der Waals surface area contributed by atoms with Gasteiger partial charge in [-0.05, 0) is 47.7 Å². The Labute approximate surface area is 192 Å². The quantitative estimate of drug-likeness (QED) is 0.253. The van der Waals surface area contributed by atoms with Gasteiger partial charge in [-0.15, -0.1) is 0 Å². The number of halogens is 6. The normalized spacial score (nSPS) is 13.7. The molecule has 0 fully saturated rings. The summed E-state index contributed by atoms with van der Waals surface area (Å²) in [6.07, 6.45) is 0.467. The van der Waals surface area contributed by atoms with Crippen LogP contribution in [0.2, 0.25) is 0 Å². The predicted molar refractivity (Wildman–Crippen MR) is 110 cm³/mol. The molecule has 34 heavy (non-hydrogen) atoms. The number of hydrogen-bond donors (Lipinski definition) is 0. The summed E-state index contributed by atoms with van der Waals surface area (Å²) in [7, 11) is -11.7. The molecule has 0 aromatic heterocycles. The Morgan fingerprint density at radius 2 is 0.971 bits per heavy atom. The summed E-state index contributed by atoms with van der Waals surface area (Å²) in [5.74, 6) is -1.05. The molecule has 0 amide bonds. The van der Waals surface area contributed by atoms with E-state index in [1.807, 2.05) is 13.8 Å². The van der Waals surface area contributed by atoms with Gasteiger partial charge in [0.2, 0.25) is 0 Å². The molecular formula is C20H20F6O6S2. The van der Waals surface area contributed by atoms with Crippen LogP contribution in [0.15, 0.2) is 48.5 Å². The number of hydrogen-bond acceptors (Lipinski definition) is 6. The van der Waals surface area contributed by atoms with E-state index in [9.17, 15) is 43.2 Å². The second-order valence-corrected chi connectivity index (χ2v) is 11.0. The molecule has 0 heterocycles. The van der Waals surface area contributed by atoms with Crippen LogP contribution in [0.1, 0.15) is 38.3 Å². The molecule has 0 spiro atoms. The van der Waals surface area contributed by atoms with Gasteiger partial charge >= 0.3 is 31.3 Å². The van der Waals surface area contributed by atoms with Crippen LogP contribution in [0.5, 0.6) is 11.5 Å². The molecule has 2 aromatic rings. The van der Waals surface area contributed by atoms with Crippen LogP contribution in [0.4, 0.5) is 26.3 Å². The minimum atomic E-state index is -5.84. The van der Waals surface area contributed by atoms with Crippen molar-refractivity contribution in [3.05, 3.63) is 59.7 Å². The van der Waals surface area contributed by atoms with Crippen LogP contribution in [0.3, 0.4) is 0 Å². The van der Waals surface area contributed by atoms with Crippen LogP contribution in [0.25, 0.3) is 0 Å². The lowest BCUT2D eigenvalue weighted by atomic mass is 9.71. The van der Waals surface area contributed by atoms with E-state index in [-0.39, 0.29) is 5.92 Å². The highest BCUT2D eigenvalue weighted by Crippen LogP contribution is 2.40. The second-order valence-electron chi connectivity index (χ2n) is 7.95. The van der Waals surface area contributed by atoms with Gasteiger partial charge in [0.25, 0.3) is 0 Å². The Bertz CT molecular complexity index is 1110. The molecule has 0 saturated heterocycles. The zero-order valence-electron chi connectivity index (χ0n) is 17.9. The van der Waals surface area contributed by atoms with Gasteiger partial charge in [-0.2, -0.15) is 43.2 Å². The van der Waals surface area contributed by atoms with E-state index in [0.29, 0.717) is 17.5 Å². The predicted octanol–water partition coefficient (Wildman–Crippen LogP) is 5.50. The molecule has 0 saturated carbocycles. The molecule has 2 rings (SSSR count). The van der Waals surface area contributed by atoms with Gasteiger partial charge in [0, 0.05) is 5.41 Å². The third-order valence-corrected chi connectivity index (χ3v) is 6.74. The standard InChI is InChI=1S/C20H20F6O6S2/c1-13(2)12-18(3,14-4-8-16(9-5-14)31-33(27,28)19(21,22)23)15-6-10-17(11-7-15)32-34(29,30)20(24,25)26/h4-11,13H,12H2,1-3H3. The number of rotatable bonds is 8. The monoisotopic (exact) mass is 534 g/mol. The van der Waals surface area contributed by atoms with Gasteiger partial charge in [0.05, 0.1) is 0 Å². The largest absolute Gasteiger partial charge is 0.534 e. The van der Waals surface area contributed by atoms with Crippen LogP contribution in [-0.2, 0) is 25.7 Å². The van der Waals surface area contributed by atoms with Crippen molar-refractivity contribution in [3.63, 3.8) is 0 Å². The molecule has 14 heteroatoms. The van der Waals surface area contributed by atoms with Crippen molar-refractivity contribution in [2.75, 3.05) is 0 Å². The maximum atomic E-state index is 12.5. The maximum absolute atomic E-state index is 12.5. The summed E-state index contributed by atoms with van der Waals surface area (Å²) >= 11 is 0. The smallest absolute Gasteiger partial charge is 0.376 e. The van der Waals surface area contributed by atoms with Gasteiger partial charge in [-0.3, -0.25) is 0 Å². The van der Waals surface area contributed by atoms with E-state index in [0.717, 1.165) is 24.3 Å². The minimum Gasteiger partial charge on any atom is -0.376 e. The van der Waals surface area contributed by atoms with Gasteiger partial charge < -0.3 is 8.37 Å². The first-order chi connectivity index (χ1) is 15.3. The van der Waals surface area contributed by atoms with Crippen molar-refractivity contribution in [1.82, 2.24) is 0 Å². The molecule has 0 aliphatic rings. The Kier molecular flexibility index (Phi) is 7.58. The van der Waals surface area contributed by atoms with Crippen molar-refractivity contribution in [2.24, 2.45) is 5.92 Å². The molecule has 0 aliphatic carbocycles. The molecule has 0 N–H and O–H groups in total. The van der Waals surface area contributed by atoms with E-state index < -0.39 is 48.2 Å². The summed E-state index contributed by atoms with van der Waals surface area (Å²) < 4.78 is 128. The van der Waals surface area contributed by atoms with E-state index in [1.165, 1.54) is 24.3 Å². The van der Waals surface area contributed by atoms with E-state index in [4.69, 9.17) is 0 Å². The van der Waals surface area contributed by atoms with Crippen LogP contribution in [0, 0.1) is 5.92 Å². The zero-order valence-corrected chi connectivity index (χ0v) is 19.6. The van der Waals surface area contributed by atoms with Gasteiger partial charge in [-0.25, -0.2) is 0 Å². The number of benzene rings is 2. The molecule has 6 nitrogen and oxygen atoms in total. The Morgan fingerprint density at radius 3 is 1.21 bits per heavy atom. The molecule has 190 valence electrons. The average Bonchev–Trinajstić information content (AvgIpc) is 2.66. The molecule has 0 atom stereocenters. The lowest BCUT2D eigenvalue weighted by Crippen LogP contribution is -2.28. The van der Waals surface area contributed by atoms with Crippen LogP contribution < -0.4 is 8.37 Å². The minimum absolute atomic E-state index is 0.0769. The van der Waals surface area contributed by atoms with Crippen molar-refractivity contribution >= 4 is 20.2 Å². The summed E-state index contributed by atoms with van der Waals surface area (Å²) in [5, 5.41) is 0. The molecule has 0 aliphatic heterocycles. The number of alkyl halides is 6. The molecule has 0 radical (unpaired) electrons. The second kappa shape index (κ2) is 9.29. The average molecular weight is 534 g/mol. The first kappa shape index (κ1) is 27.8. The lowest BCUT2D eigenvalue weighted by Gasteiger charge is -2.33. The summed E-state index contributed by atoms with van der Waals surface area (Å²) in [5.41, 5.74) is -11.0. The Hall–Kier alpha value is -2.48. The first-order valence-corrected chi connectivity index (χ1v) is 12.3. The highest BCUT2D eigenvalue weighted by atomic mass is 32.2. The summed E-state index contributed by atoms with van der Waals surface area (Å²) in [4.78, 5) is 0. The van der Waals surface area contributed by atoms with Crippen LogP contribution in [-0.4, -0.2) is 27.9 Å². The maximum Gasteiger partial charge on any atom is 0.534 e. The third-order valence-electron chi connectivity index (χ3n) is 4.78. The van der Waals surface area contributed by atoms with Crippen LogP contribution >= 0.6 is 0 Å². The third kappa shape index (κ3) is 6.14. The van der Waals surface area contributed by atoms with Crippen molar-refractivity contribution < 1.29 is 51.5 Å². The van der Waals surface area contributed by atoms with Crippen molar-refractivity contribution in [3.8, 4) is 11.5 Å². The highest BCUT2D eigenvalue weighted by Gasteiger charge is 2.49. The lowest BCUT2D eigenvalue weighted by molar-refractivity contribution is -0.0504. The molecule has 2 aromatic carbocycles. The fourth-order valence-corrected chi connectivity index (χ4v) is 4.24. The van der Waals surface area contributed by atoms with E-state index in [2.05, 4.69) is 8.37 Å². The molecule has 0 bridgehead atoms. The highest BCUT2D eigenvalue weighted by molar-refractivity contribution is 7.88. The van der Waals surface area contributed by atoms with Crippen molar-refractivity contribution in [1.29, 1.82) is 0 Å². The topological polar surface area (TPSA) is 86.7 Å². The van der Waals surface area contributed by atoms with Crippen molar-refractivity contribution in [2.45, 2.75) is 43.6 Å². The fourth-order valence-electron chi connectivity index (χ4n) is 3.32. The SMILES string of the molecule is CC(C)CC(C)(c1ccc(OS(=O)(=O)C(F)(F)F)cc1)c1ccc(OS(=O)(=O)C(F)(F)F)cc1.